The molecular formula is C18H23NO2. The number of ether oxygens (including phenoxy) is 2. The van der Waals surface area contributed by atoms with Crippen molar-refractivity contribution in [2.75, 3.05) is 20.3 Å². The molecule has 21 heavy (non-hydrogen) atoms. The fraction of sp³-hybridized carbons (Fsp3) is 0.333. The Morgan fingerprint density at radius 3 is 2.48 bits per heavy atom. The van der Waals surface area contributed by atoms with Crippen molar-refractivity contribution in [3.05, 3.63) is 59.7 Å². The van der Waals surface area contributed by atoms with Gasteiger partial charge in [-0.05, 0) is 49.1 Å². The minimum atomic E-state index is 0.322. The molecule has 0 aromatic heterocycles. The minimum absolute atomic E-state index is 0.322. The second-order valence-electron chi connectivity index (χ2n) is 5.13. The highest BCUT2D eigenvalue weighted by molar-refractivity contribution is 5.42. The Bertz CT molecular complexity index is 554. The fourth-order valence-electron chi connectivity index (χ4n) is 2.35. The topological polar surface area (TPSA) is 44.5 Å². The first-order valence-electron chi connectivity index (χ1n) is 7.27. The van der Waals surface area contributed by atoms with Crippen LogP contribution in [0.25, 0.3) is 0 Å². The molecule has 0 aliphatic heterocycles. The van der Waals surface area contributed by atoms with Crippen molar-refractivity contribution in [2.24, 2.45) is 5.73 Å². The first-order valence-corrected chi connectivity index (χ1v) is 7.27. The Morgan fingerprint density at radius 2 is 1.81 bits per heavy atom. The van der Waals surface area contributed by atoms with Crippen LogP contribution in [0.3, 0.4) is 0 Å². The molecule has 0 spiro atoms. The number of nitrogens with two attached hydrogens (primary N) is 1. The number of rotatable bonds is 7. The summed E-state index contributed by atoms with van der Waals surface area (Å²) in [6.45, 7) is 3.28. The van der Waals surface area contributed by atoms with Gasteiger partial charge in [0.25, 0.3) is 0 Å². The number of aryl methyl sites for hydroxylation is 1. The standard InChI is InChI=1S/C18H23NO2/c1-14-8-9-17(18(12-14)20-2)21-11-10-16(13-19)15-6-4-3-5-7-15/h3-9,12,16H,10-11,13,19H2,1-2H3. The molecule has 0 fully saturated rings. The molecule has 2 rings (SSSR count). The third-order valence-corrected chi connectivity index (χ3v) is 3.60. The molecular weight excluding hydrogens is 262 g/mol. The summed E-state index contributed by atoms with van der Waals surface area (Å²) in [5, 5.41) is 0. The van der Waals surface area contributed by atoms with E-state index in [1.807, 2.05) is 43.3 Å². The highest BCUT2D eigenvalue weighted by atomic mass is 16.5. The van der Waals surface area contributed by atoms with Gasteiger partial charge in [-0.2, -0.15) is 0 Å². The van der Waals surface area contributed by atoms with Crippen molar-refractivity contribution in [1.29, 1.82) is 0 Å². The van der Waals surface area contributed by atoms with E-state index in [4.69, 9.17) is 15.2 Å². The van der Waals surface area contributed by atoms with E-state index in [0.717, 1.165) is 23.5 Å². The van der Waals surface area contributed by atoms with E-state index in [-0.39, 0.29) is 0 Å². The van der Waals surface area contributed by atoms with Gasteiger partial charge < -0.3 is 15.2 Å². The normalized spacial score (nSPS) is 12.0. The minimum Gasteiger partial charge on any atom is -0.493 e. The van der Waals surface area contributed by atoms with E-state index in [1.54, 1.807) is 7.11 Å². The Hall–Kier alpha value is -2.00. The van der Waals surface area contributed by atoms with Crippen molar-refractivity contribution in [1.82, 2.24) is 0 Å². The summed E-state index contributed by atoms with van der Waals surface area (Å²) in [6, 6.07) is 16.3. The lowest BCUT2D eigenvalue weighted by molar-refractivity contribution is 0.280. The van der Waals surface area contributed by atoms with Gasteiger partial charge >= 0.3 is 0 Å². The molecule has 1 atom stereocenters. The van der Waals surface area contributed by atoms with Crippen LogP contribution >= 0.6 is 0 Å². The molecule has 3 heteroatoms. The van der Waals surface area contributed by atoms with Crippen LogP contribution in [-0.4, -0.2) is 20.3 Å². The SMILES string of the molecule is COc1cc(C)ccc1OCCC(CN)c1ccccc1. The molecule has 2 N–H and O–H groups in total. The Kier molecular flexibility index (Phi) is 5.64. The second-order valence-corrected chi connectivity index (χ2v) is 5.13. The van der Waals surface area contributed by atoms with Gasteiger partial charge in [0.1, 0.15) is 0 Å². The lowest BCUT2D eigenvalue weighted by Gasteiger charge is -2.16. The van der Waals surface area contributed by atoms with Crippen LogP contribution in [0.1, 0.15) is 23.5 Å². The van der Waals surface area contributed by atoms with Gasteiger partial charge in [-0.25, -0.2) is 0 Å². The van der Waals surface area contributed by atoms with Crippen LogP contribution in [-0.2, 0) is 0 Å². The zero-order valence-corrected chi connectivity index (χ0v) is 12.7. The number of hydrogen-bond donors (Lipinski definition) is 1. The van der Waals surface area contributed by atoms with Crippen LogP contribution in [0, 0.1) is 6.92 Å². The van der Waals surface area contributed by atoms with E-state index >= 15 is 0 Å². The molecule has 2 aromatic rings. The van der Waals surface area contributed by atoms with Crippen LogP contribution in [0.2, 0.25) is 0 Å². The Morgan fingerprint density at radius 1 is 1.05 bits per heavy atom. The smallest absolute Gasteiger partial charge is 0.161 e. The molecule has 0 bridgehead atoms. The summed E-state index contributed by atoms with van der Waals surface area (Å²) < 4.78 is 11.2. The van der Waals surface area contributed by atoms with Crippen molar-refractivity contribution >= 4 is 0 Å². The largest absolute Gasteiger partial charge is 0.493 e. The zero-order valence-electron chi connectivity index (χ0n) is 12.7. The van der Waals surface area contributed by atoms with E-state index in [9.17, 15) is 0 Å². The van der Waals surface area contributed by atoms with Crippen LogP contribution in [0.5, 0.6) is 11.5 Å². The summed E-state index contributed by atoms with van der Waals surface area (Å²) in [6.07, 6.45) is 0.886. The molecule has 112 valence electrons. The maximum absolute atomic E-state index is 5.88. The average Bonchev–Trinajstić information content (AvgIpc) is 2.53. The summed E-state index contributed by atoms with van der Waals surface area (Å²) in [4.78, 5) is 0. The van der Waals surface area contributed by atoms with Gasteiger partial charge in [0, 0.05) is 0 Å². The summed E-state index contributed by atoms with van der Waals surface area (Å²) in [5.74, 6) is 1.88. The molecule has 1 unspecified atom stereocenters. The van der Waals surface area contributed by atoms with Gasteiger partial charge in [0.2, 0.25) is 0 Å². The number of hydrogen-bond acceptors (Lipinski definition) is 3. The molecule has 0 radical (unpaired) electrons. The monoisotopic (exact) mass is 285 g/mol. The van der Waals surface area contributed by atoms with Gasteiger partial charge in [0.05, 0.1) is 13.7 Å². The molecule has 0 saturated heterocycles. The fourth-order valence-corrected chi connectivity index (χ4v) is 2.35. The molecule has 3 nitrogen and oxygen atoms in total. The first kappa shape index (κ1) is 15.4. The summed E-state index contributed by atoms with van der Waals surface area (Å²) >= 11 is 0. The quantitative estimate of drug-likeness (QED) is 0.846. The van der Waals surface area contributed by atoms with E-state index in [0.29, 0.717) is 19.1 Å². The molecule has 0 saturated carbocycles. The van der Waals surface area contributed by atoms with E-state index < -0.39 is 0 Å². The molecule has 0 amide bonds. The van der Waals surface area contributed by atoms with Gasteiger partial charge in [-0.1, -0.05) is 36.4 Å². The van der Waals surface area contributed by atoms with Gasteiger partial charge in [-0.3, -0.25) is 0 Å². The van der Waals surface area contributed by atoms with Crippen LogP contribution in [0.4, 0.5) is 0 Å². The van der Waals surface area contributed by atoms with E-state index in [2.05, 4.69) is 12.1 Å². The summed E-state index contributed by atoms with van der Waals surface area (Å²) in [5.41, 5.74) is 8.30. The zero-order chi connectivity index (χ0) is 15.1. The molecule has 0 aliphatic carbocycles. The van der Waals surface area contributed by atoms with Crippen LogP contribution < -0.4 is 15.2 Å². The maximum Gasteiger partial charge on any atom is 0.161 e. The third kappa shape index (κ3) is 4.23. The Labute approximate surface area is 126 Å². The van der Waals surface area contributed by atoms with Crippen LogP contribution in [0.15, 0.2) is 48.5 Å². The predicted molar refractivity (Wildman–Crippen MR) is 86.1 cm³/mol. The number of benzene rings is 2. The second kappa shape index (κ2) is 7.70. The van der Waals surface area contributed by atoms with Crippen molar-refractivity contribution in [2.45, 2.75) is 19.3 Å². The van der Waals surface area contributed by atoms with E-state index in [1.165, 1.54) is 5.56 Å². The maximum atomic E-state index is 5.88. The summed E-state index contributed by atoms with van der Waals surface area (Å²) in [7, 11) is 1.66. The van der Waals surface area contributed by atoms with Gasteiger partial charge in [-0.15, -0.1) is 0 Å². The average molecular weight is 285 g/mol. The Balaban J connectivity index is 1.94. The van der Waals surface area contributed by atoms with Crippen molar-refractivity contribution in [3.63, 3.8) is 0 Å². The molecule has 2 aromatic carbocycles. The molecule has 0 aliphatic rings. The molecule has 0 heterocycles. The third-order valence-electron chi connectivity index (χ3n) is 3.60. The highest BCUT2D eigenvalue weighted by Gasteiger charge is 2.10. The van der Waals surface area contributed by atoms with Crippen molar-refractivity contribution < 1.29 is 9.47 Å². The first-order chi connectivity index (χ1) is 10.2. The highest BCUT2D eigenvalue weighted by Crippen LogP contribution is 2.28. The lowest BCUT2D eigenvalue weighted by Crippen LogP contribution is -2.15. The lowest BCUT2D eigenvalue weighted by atomic mass is 9.96. The number of methoxy groups -OCH3 is 1. The van der Waals surface area contributed by atoms with Crippen molar-refractivity contribution in [3.8, 4) is 11.5 Å². The van der Waals surface area contributed by atoms with Gasteiger partial charge in [0.15, 0.2) is 11.5 Å². The predicted octanol–water partition coefficient (Wildman–Crippen LogP) is 3.52.